The monoisotopic (exact) mass is 325 g/mol. The highest BCUT2D eigenvalue weighted by molar-refractivity contribution is 6.33. The fraction of sp³-hybridized carbons (Fsp3) is 0.312. The molecule has 0 aliphatic rings. The molecule has 0 spiro atoms. The number of amides is 1. The van der Waals surface area contributed by atoms with Crippen molar-refractivity contribution in [2.75, 3.05) is 6.54 Å². The zero-order valence-electron chi connectivity index (χ0n) is 12.5. The molecule has 0 radical (unpaired) electrons. The molecule has 1 atom stereocenters. The molecule has 0 aliphatic heterocycles. The van der Waals surface area contributed by atoms with E-state index in [0.29, 0.717) is 17.1 Å². The van der Waals surface area contributed by atoms with Crippen LogP contribution in [0.15, 0.2) is 28.7 Å². The summed E-state index contributed by atoms with van der Waals surface area (Å²) in [5.41, 5.74) is -0.874. The predicted molar refractivity (Wildman–Crippen MR) is 81.5 cm³/mol. The number of furan rings is 1. The van der Waals surface area contributed by atoms with Gasteiger partial charge in [-0.15, -0.1) is 0 Å². The Hall–Kier alpha value is -1.85. The molecule has 6 heteroatoms. The summed E-state index contributed by atoms with van der Waals surface area (Å²) in [4.78, 5) is 12.2. The molecular weight excluding hydrogens is 309 g/mol. The van der Waals surface area contributed by atoms with Gasteiger partial charge in [0.1, 0.15) is 22.9 Å². The largest absolute Gasteiger partial charge is 0.463 e. The van der Waals surface area contributed by atoms with E-state index in [4.69, 9.17) is 16.0 Å². The van der Waals surface area contributed by atoms with E-state index in [1.54, 1.807) is 26.0 Å². The van der Waals surface area contributed by atoms with Gasteiger partial charge in [-0.25, -0.2) is 4.39 Å². The van der Waals surface area contributed by atoms with E-state index in [9.17, 15) is 14.3 Å². The maximum atomic E-state index is 13.4. The van der Waals surface area contributed by atoms with Crippen LogP contribution in [0.5, 0.6) is 0 Å². The van der Waals surface area contributed by atoms with Crippen molar-refractivity contribution < 1.29 is 18.7 Å². The molecule has 1 heterocycles. The van der Waals surface area contributed by atoms with E-state index < -0.39 is 17.3 Å². The average molecular weight is 326 g/mol. The second-order valence-corrected chi connectivity index (χ2v) is 5.86. The maximum absolute atomic E-state index is 13.4. The van der Waals surface area contributed by atoms with Gasteiger partial charge in [-0.3, -0.25) is 4.79 Å². The first-order chi connectivity index (χ1) is 10.2. The van der Waals surface area contributed by atoms with Crippen molar-refractivity contribution in [3.63, 3.8) is 0 Å². The van der Waals surface area contributed by atoms with Crippen molar-refractivity contribution in [1.29, 1.82) is 0 Å². The lowest BCUT2D eigenvalue weighted by atomic mass is 10.0. The van der Waals surface area contributed by atoms with E-state index in [0.717, 1.165) is 6.07 Å². The molecule has 1 amide bonds. The summed E-state index contributed by atoms with van der Waals surface area (Å²) in [6.45, 7) is 4.78. The maximum Gasteiger partial charge on any atom is 0.252 e. The number of aliphatic hydroxyl groups is 1. The minimum atomic E-state index is -1.36. The van der Waals surface area contributed by atoms with Gasteiger partial charge in [0.15, 0.2) is 0 Å². The van der Waals surface area contributed by atoms with Crippen molar-refractivity contribution in [1.82, 2.24) is 5.32 Å². The number of hydrogen-bond acceptors (Lipinski definition) is 3. The molecule has 1 unspecified atom stereocenters. The Morgan fingerprint density at radius 1 is 1.41 bits per heavy atom. The first kappa shape index (κ1) is 16.5. The van der Waals surface area contributed by atoms with Gasteiger partial charge in [0.25, 0.3) is 5.91 Å². The lowest BCUT2D eigenvalue weighted by Gasteiger charge is -2.21. The third-order valence-corrected chi connectivity index (χ3v) is 3.67. The van der Waals surface area contributed by atoms with Crippen molar-refractivity contribution in [2.24, 2.45) is 0 Å². The molecule has 118 valence electrons. The lowest BCUT2D eigenvalue weighted by Crippen LogP contribution is -2.38. The molecular formula is C16H17ClFNO3. The number of aryl methyl sites for hydroxylation is 2. The van der Waals surface area contributed by atoms with Gasteiger partial charge in [-0.2, -0.15) is 0 Å². The number of hydrogen-bond donors (Lipinski definition) is 2. The molecule has 2 aromatic rings. The third-order valence-electron chi connectivity index (χ3n) is 3.36. The molecule has 22 heavy (non-hydrogen) atoms. The van der Waals surface area contributed by atoms with Gasteiger partial charge in [0.2, 0.25) is 0 Å². The summed E-state index contributed by atoms with van der Waals surface area (Å²) in [5.74, 6) is 0.0572. The number of benzene rings is 1. The number of halogens is 2. The normalized spacial score (nSPS) is 13.7. The van der Waals surface area contributed by atoms with Crippen molar-refractivity contribution in [2.45, 2.75) is 26.4 Å². The van der Waals surface area contributed by atoms with E-state index >= 15 is 0 Å². The van der Waals surface area contributed by atoms with E-state index in [-0.39, 0.29) is 17.1 Å². The van der Waals surface area contributed by atoms with E-state index in [1.807, 2.05) is 0 Å². The highest BCUT2D eigenvalue weighted by Crippen LogP contribution is 2.23. The van der Waals surface area contributed by atoms with E-state index in [2.05, 4.69) is 5.32 Å². The Kier molecular flexibility index (Phi) is 4.58. The zero-order chi connectivity index (χ0) is 16.5. The fourth-order valence-corrected chi connectivity index (χ4v) is 2.23. The molecule has 1 aromatic carbocycles. The van der Waals surface area contributed by atoms with Crippen LogP contribution in [-0.2, 0) is 5.60 Å². The number of nitrogens with one attached hydrogen (secondary N) is 1. The standard InChI is InChI=1S/C16H17ClFNO3/c1-9-6-11(12(17)7-13(9)18)15(20)19-8-16(3,21)14-5-4-10(2)22-14/h4-7,21H,8H2,1-3H3,(H,19,20). The predicted octanol–water partition coefficient (Wildman–Crippen LogP) is 3.33. The molecule has 0 aliphatic carbocycles. The summed E-state index contributed by atoms with van der Waals surface area (Å²) in [5, 5.41) is 13.0. The molecule has 2 N–H and O–H groups in total. The fourth-order valence-electron chi connectivity index (χ4n) is 1.99. The van der Waals surface area contributed by atoms with Crippen LogP contribution < -0.4 is 5.32 Å². The van der Waals surface area contributed by atoms with Crippen LogP contribution in [0.3, 0.4) is 0 Å². The van der Waals surface area contributed by atoms with Crippen LogP contribution in [0.4, 0.5) is 4.39 Å². The van der Waals surface area contributed by atoms with Gasteiger partial charge in [0, 0.05) is 0 Å². The van der Waals surface area contributed by atoms with Crippen LogP contribution in [0, 0.1) is 19.7 Å². The topological polar surface area (TPSA) is 62.5 Å². The Labute approximate surface area is 132 Å². The second-order valence-electron chi connectivity index (χ2n) is 5.45. The molecule has 0 saturated carbocycles. The van der Waals surface area contributed by atoms with Gasteiger partial charge in [0.05, 0.1) is 17.1 Å². The van der Waals surface area contributed by atoms with Crippen LogP contribution >= 0.6 is 11.6 Å². The summed E-state index contributed by atoms with van der Waals surface area (Å²) in [7, 11) is 0. The first-order valence-electron chi connectivity index (χ1n) is 6.74. The molecule has 4 nitrogen and oxygen atoms in total. The van der Waals surface area contributed by atoms with Gasteiger partial charge in [-0.1, -0.05) is 11.6 Å². The molecule has 0 saturated heterocycles. The summed E-state index contributed by atoms with van der Waals surface area (Å²) < 4.78 is 18.7. The minimum absolute atomic E-state index is 0.0223. The minimum Gasteiger partial charge on any atom is -0.463 e. The van der Waals surface area contributed by atoms with Crippen molar-refractivity contribution >= 4 is 17.5 Å². The highest BCUT2D eigenvalue weighted by Gasteiger charge is 2.28. The molecule has 1 aromatic heterocycles. The summed E-state index contributed by atoms with van der Waals surface area (Å²) in [6, 6.07) is 5.85. The first-order valence-corrected chi connectivity index (χ1v) is 7.11. The number of carbonyl (C=O) groups excluding carboxylic acids is 1. The molecule has 0 bridgehead atoms. The summed E-state index contributed by atoms with van der Waals surface area (Å²) in [6.07, 6.45) is 0. The zero-order valence-corrected chi connectivity index (χ0v) is 13.3. The number of carbonyl (C=O) groups is 1. The van der Waals surface area contributed by atoms with Gasteiger partial charge >= 0.3 is 0 Å². The Bertz CT molecular complexity index is 709. The quantitative estimate of drug-likeness (QED) is 0.906. The van der Waals surface area contributed by atoms with E-state index in [1.165, 1.54) is 13.0 Å². The van der Waals surface area contributed by atoms with Gasteiger partial charge < -0.3 is 14.8 Å². The molecule has 2 rings (SSSR count). The third kappa shape index (κ3) is 3.48. The Balaban J connectivity index is 2.11. The molecule has 0 fully saturated rings. The van der Waals surface area contributed by atoms with Crippen LogP contribution in [0.25, 0.3) is 0 Å². The Morgan fingerprint density at radius 3 is 2.68 bits per heavy atom. The summed E-state index contributed by atoms with van der Waals surface area (Å²) >= 11 is 5.88. The lowest BCUT2D eigenvalue weighted by molar-refractivity contribution is 0.0323. The van der Waals surface area contributed by atoms with Crippen LogP contribution in [0.1, 0.15) is 34.4 Å². The van der Waals surface area contributed by atoms with Gasteiger partial charge in [-0.05, 0) is 50.6 Å². The van der Waals surface area contributed by atoms with Crippen LogP contribution in [-0.4, -0.2) is 17.6 Å². The second kappa shape index (κ2) is 6.10. The highest BCUT2D eigenvalue weighted by atomic mass is 35.5. The Morgan fingerprint density at radius 2 is 2.09 bits per heavy atom. The van der Waals surface area contributed by atoms with Crippen molar-refractivity contribution in [3.05, 3.63) is 57.8 Å². The smallest absolute Gasteiger partial charge is 0.252 e. The van der Waals surface area contributed by atoms with Crippen molar-refractivity contribution in [3.8, 4) is 0 Å². The average Bonchev–Trinajstić information content (AvgIpc) is 2.88. The SMILES string of the molecule is Cc1ccc(C(C)(O)CNC(=O)c2cc(C)c(F)cc2Cl)o1. The number of rotatable bonds is 4. The van der Waals surface area contributed by atoms with Crippen LogP contribution in [0.2, 0.25) is 5.02 Å².